The molecule has 0 saturated carbocycles. The Balaban J connectivity index is 1.64. The minimum absolute atomic E-state index is 0.0973. The molecule has 0 aliphatic heterocycles. The van der Waals surface area contributed by atoms with E-state index in [1.54, 1.807) is 24.5 Å². The fourth-order valence-corrected chi connectivity index (χ4v) is 2.93. The van der Waals surface area contributed by atoms with Gasteiger partial charge in [-0.1, -0.05) is 40.2 Å². The largest absolute Gasteiger partial charge is 0.489 e. The fourth-order valence-electron chi connectivity index (χ4n) is 2.52. The summed E-state index contributed by atoms with van der Waals surface area (Å²) in [5.41, 5.74) is 2.58. The van der Waals surface area contributed by atoms with Gasteiger partial charge in [-0.25, -0.2) is 0 Å². The minimum Gasteiger partial charge on any atom is -0.489 e. The number of hydrogen-bond donors (Lipinski definition) is 1. The molecule has 1 amide bonds. The zero-order valence-corrected chi connectivity index (χ0v) is 15.9. The van der Waals surface area contributed by atoms with Crippen LogP contribution in [0.25, 0.3) is 0 Å². The molecule has 1 N–H and O–H groups in total. The summed E-state index contributed by atoms with van der Waals surface area (Å²) in [6, 6.07) is 18.8. The Morgan fingerprint density at radius 3 is 2.77 bits per heavy atom. The lowest BCUT2D eigenvalue weighted by atomic mass is 10.1. The van der Waals surface area contributed by atoms with E-state index < -0.39 is 0 Å². The molecule has 132 valence electrons. The van der Waals surface area contributed by atoms with Crippen LogP contribution in [-0.2, 0) is 6.61 Å². The molecule has 3 aromatic rings. The molecule has 5 heteroatoms. The summed E-state index contributed by atoms with van der Waals surface area (Å²) < 4.78 is 6.75. The highest BCUT2D eigenvalue weighted by Gasteiger charge is 2.12. The molecule has 1 unspecified atom stereocenters. The van der Waals surface area contributed by atoms with Crippen molar-refractivity contribution in [3.63, 3.8) is 0 Å². The average Bonchev–Trinajstić information content (AvgIpc) is 2.67. The second-order valence-electron chi connectivity index (χ2n) is 5.93. The summed E-state index contributed by atoms with van der Waals surface area (Å²) in [4.78, 5) is 16.6. The molecule has 3 rings (SSSR count). The van der Waals surface area contributed by atoms with Gasteiger partial charge in [0, 0.05) is 28.0 Å². The fraction of sp³-hybridized carbons (Fsp3) is 0.143. The minimum atomic E-state index is -0.135. The molecular weight excluding hydrogens is 392 g/mol. The number of benzene rings is 2. The van der Waals surface area contributed by atoms with Crippen molar-refractivity contribution in [1.82, 2.24) is 10.3 Å². The normalized spacial score (nSPS) is 11.6. The predicted octanol–water partition coefficient (Wildman–Crippen LogP) is 4.91. The molecule has 0 fully saturated rings. The summed E-state index contributed by atoms with van der Waals surface area (Å²) in [7, 11) is 0. The molecule has 2 aromatic carbocycles. The molecule has 0 saturated heterocycles. The quantitative estimate of drug-likeness (QED) is 0.627. The molecule has 0 aliphatic rings. The number of aromatic nitrogens is 1. The Hall–Kier alpha value is -2.66. The van der Waals surface area contributed by atoms with Crippen LogP contribution in [-0.4, -0.2) is 10.9 Å². The van der Waals surface area contributed by atoms with Gasteiger partial charge in [-0.3, -0.25) is 9.78 Å². The van der Waals surface area contributed by atoms with Crippen molar-refractivity contribution in [2.45, 2.75) is 19.6 Å². The molecule has 1 atom stereocenters. The third-order valence-electron chi connectivity index (χ3n) is 3.92. The van der Waals surface area contributed by atoms with Gasteiger partial charge in [0.05, 0.1) is 6.04 Å². The Morgan fingerprint density at radius 2 is 2.00 bits per heavy atom. The van der Waals surface area contributed by atoms with E-state index in [-0.39, 0.29) is 11.9 Å². The van der Waals surface area contributed by atoms with Crippen LogP contribution in [0.3, 0.4) is 0 Å². The maximum absolute atomic E-state index is 12.6. The molecule has 1 heterocycles. The molecule has 0 bridgehead atoms. The first-order valence-electron chi connectivity index (χ1n) is 8.30. The van der Waals surface area contributed by atoms with Crippen molar-refractivity contribution >= 4 is 21.8 Å². The van der Waals surface area contributed by atoms with Gasteiger partial charge < -0.3 is 10.1 Å². The first-order chi connectivity index (χ1) is 12.6. The van der Waals surface area contributed by atoms with Gasteiger partial charge in [0.2, 0.25) is 0 Å². The van der Waals surface area contributed by atoms with Crippen LogP contribution >= 0.6 is 15.9 Å². The van der Waals surface area contributed by atoms with Crippen LogP contribution in [0.15, 0.2) is 77.5 Å². The van der Waals surface area contributed by atoms with Crippen LogP contribution < -0.4 is 10.1 Å². The van der Waals surface area contributed by atoms with Gasteiger partial charge in [-0.05, 0) is 48.9 Å². The van der Waals surface area contributed by atoms with Crippen LogP contribution in [0.1, 0.15) is 34.5 Å². The number of carbonyl (C=O) groups excluding carboxylic acids is 1. The molecule has 1 aromatic heterocycles. The van der Waals surface area contributed by atoms with Gasteiger partial charge in [-0.15, -0.1) is 0 Å². The van der Waals surface area contributed by atoms with Crippen LogP contribution in [0, 0.1) is 0 Å². The number of amides is 1. The van der Waals surface area contributed by atoms with E-state index in [0.717, 1.165) is 15.6 Å². The van der Waals surface area contributed by atoms with E-state index in [1.807, 2.05) is 55.5 Å². The van der Waals surface area contributed by atoms with Crippen molar-refractivity contribution in [2.24, 2.45) is 0 Å². The van der Waals surface area contributed by atoms with E-state index >= 15 is 0 Å². The number of carbonyl (C=O) groups is 1. The van der Waals surface area contributed by atoms with Crippen molar-refractivity contribution < 1.29 is 9.53 Å². The molecule has 0 spiro atoms. The molecule has 26 heavy (non-hydrogen) atoms. The third-order valence-corrected chi connectivity index (χ3v) is 4.41. The SMILES string of the molecule is CC(NC(=O)c1cccc(OCc2cccnc2)c1)c1cccc(Br)c1. The number of pyridine rings is 1. The highest BCUT2D eigenvalue weighted by atomic mass is 79.9. The highest BCUT2D eigenvalue weighted by molar-refractivity contribution is 9.10. The maximum Gasteiger partial charge on any atom is 0.251 e. The lowest BCUT2D eigenvalue weighted by molar-refractivity contribution is 0.0939. The van der Waals surface area contributed by atoms with Gasteiger partial charge in [-0.2, -0.15) is 0 Å². The monoisotopic (exact) mass is 410 g/mol. The van der Waals surface area contributed by atoms with Crippen LogP contribution in [0.2, 0.25) is 0 Å². The average molecular weight is 411 g/mol. The molecule has 0 aliphatic carbocycles. The molecular formula is C21H19BrN2O2. The lowest BCUT2D eigenvalue weighted by Gasteiger charge is -2.15. The molecule has 4 nitrogen and oxygen atoms in total. The third kappa shape index (κ3) is 4.92. The highest BCUT2D eigenvalue weighted by Crippen LogP contribution is 2.19. The van der Waals surface area contributed by atoms with Crippen molar-refractivity contribution in [1.29, 1.82) is 0 Å². The van der Waals surface area contributed by atoms with Gasteiger partial charge in [0.25, 0.3) is 5.91 Å². The first-order valence-corrected chi connectivity index (χ1v) is 9.09. The zero-order chi connectivity index (χ0) is 18.4. The van der Waals surface area contributed by atoms with E-state index in [0.29, 0.717) is 17.9 Å². The zero-order valence-electron chi connectivity index (χ0n) is 14.4. The summed E-state index contributed by atoms with van der Waals surface area (Å²) in [6.45, 7) is 2.37. The van der Waals surface area contributed by atoms with Crippen molar-refractivity contribution in [2.75, 3.05) is 0 Å². The molecule has 0 radical (unpaired) electrons. The first kappa shape index (κ1) is 18.1. The number of hydrogen-bond acceptors (Lipinski definition) is 3. The summed E-state index contributed by atoms with van der Waals surface area (Å²) in [5.74, 6) is 0.515. The van der Waals surface area contributed by atoms with E-state index in [2.05, 4.69) is 26.2 Å². The second-order valence-corrected chi connectivity index (χ2v) is 6.84. The van der Waals surface area contributed by atoms with E-state index in [9.17, 15) is 4.79 Å². The number of nitrogens with zero attached hydrogens (tertiary/aromatic N) is 1. The number of halogens is 1. The standard InChI is InChI=1S/C21H19BrN2O2/c1-15(17-6-2-8-19(22)11-17)24-21(25)18-7-3-9-20(12-18)26-14-16-5-4-10-23-13-16/h2-13,15H,14H2,1H3,(H,24,25). The summed E-state index contributed by atoms with van der Waals surface area (Å²) in [5, 5.41) is 3.02. The number of rotatable bonds is 6. The van der Waals surface area contributed by atoms with Crippen molar-refractivity contribution in [3.8, 4) is 5.75 Å². The Labute approximate surface area is 161 Å². The van der Waals surface area contributed by atoms with Gasteiger partial charge in [0.1, 0.15) is 12.4 Å². The lowest BCUT2D eigenvalue weighted by Crippen LogP contribution is -2.26. The van der Waals surface area contributed by atoms with Gasteiger partial charge >= 0.3 is 0 Å². The Bertz CT molecular complexity index is 884. The van der Waals surface area contributed by atoms with Gasteiger partial charge in [0.15, 0.2) is 0 Å². The van der Waals surface area contributed by atoms with Crippen molar-refractivity contribution in [3.05, 3.63) is 94.2 Å². The number of nitrogens with one attached hydrogen (secondary N) is 1. The second kappa shape index (κ2) is 8.63. The number of ether oxygens (including phenoxy) is 1. The Morgan fingerprint density at radius 1 is 1.15 bits per heavy atom. The van der Waals surface area contributed by atoms with Crippen LogP contribution in [0.4, 0.5) is 0 Å². The van der Waals surface area contributed by atoms with E-state index in [4.69, 9.17) is 4.74 Å². The van der Waals surface area contributed by atoms with E-state index in [1.165, 1.54) is 0 Å². The smallest absolute Gasteiger partial charge is 0.251 e. The maximum atomic E-state index is 12.6. The predicted molar refractivity (Wildman–Crippen MR) is 105 cm³/mol. The summed E-state index contributed by atoms with van der Waals surface area (Å²) in [6.07, 6.45) is 3.48. The Kier molecular flexibility index (Phi) is 6.02. The topological polar surface area (TPSA) is 51.2 Å². The van der Waals surface area contributed by atoms with Crippen LogP contribution in [0.5, 0.6) is 5.75 Å². The summed E-state index contributed by atoms with van der Waals surface area (Å²) >= 11 is 3.45.